The lowest BCUT2D eigenvalue weighted by molar-refractivity contribution is 0.0938. The number of hydrogen-bond acceptors (Lipinski definition) is 2. The van der Waals surface area contributed by atoms with Gasteiger partial charge in [-0.15, -0.1) is 0 Å². The van der Waals surface area contributed by atoms with Gasteiger partial charge >= 0.3 is 6.03 Å². The summed E-state index contributed by atoms with van der Waals surface area (Å²) in [5.41, 5.74) is 7.01. The first kappa shape index (κ1) is 16.5. The van der Waals surface area contributed by atoms with E-state index in [0.29, 0.717) is 11.3 Å². The summed E-state index contributed by atoms with van der Waals surface area (Å²) in [6.45, 7) is 6.33. The van der Waals surface area contributed by atoms with Crippen molar-refractivity contribution < 1.29 is 9.59 Å². The number of para-hydroxylation sites is 1. The van der Waals surface area contributed by atoms with Crippen LogP contribution in [0.5, 0.6) is 0 Å². The van der Waals surface area contributed by atoms with Gasteiger partial charge < -0.3 is 5.32 Å². The highest BCUT2D eigenvalue weighted by atomic mass is 16.2. The molecule has 0 saturated carbocycles. The summed E-state index contributed by atoms with van der Waals surface area (Å²) in [6, 6.07) is 15.8. The highest BCUT2D eigenvalue weighted by molar-refractivity contribution is 5.97. The Labute approximate surface area is 136 Å². The second-order valence-electron chi connectivity index (χ2n) is 6.23. The number of urea groups is 1. The monoisotopic (exact) mass is 311 g/mol. The molecular formula is C18H21N3O2. The van der Waals surface area contributed by atoms with E-state index in [-0.39, 0.29) is 11.3 Å². The van der Waals surface area contributed by atoms with Crippen LogP contribution in [-0.2, 0) is 5.41 Å². The van der Waals surface area contributed by atoms with E-state index >= 15 is 0 Å². The highest BCUT2D eigenvalue weighted by Gasteiger charge is 2.14. The van der Waals surface area contributed by atoms with Crippen molar-refractivity contribution in [3.05, 3.63) is 65.7 Å². The molecule has 0 aliphatic rings. The largest absolute Gasteiger partial charge is 0.337 e. The molecule has 120 valence electrons. The van der Waals surface area contributed by atoms with E-state index in [1.165, 1.54) is 0 Å². The fourth-order valence-electron chi connectivity index (χ4n) is 1.99. The van der Waals surface area contributed by atoms with Crippen LogP contribution in [0.15, 0.2) is 54.6 Å². The number of nitrogens with one attached hydrogen (secondary N) is 3. The number of benzene rings is 2. The van der Waals surface area contributed by atoms with Gasteiger partial charge in [0.15, 0.2) is 0 Å². The number of carbonyl (C=O) groups excluding carboxylic acids is 2. The third-order valence-corrected chi connectivity index (χ3v) is 3.33. The fourth-order valence-corrected chi connectivity index (χ4v) is 1.99. The van der Waals surface area contributed by atoms with Crippen molar-refractivity contribution in [2.75, 3.05) is 5.32 Å². The van der Waals surface area contributed by atoms with Gasteiger partial charge in [-0.1, -0.05) is 51.1 Å². The van der Waals surface area contributed by atoms with Crippen molar-refractivity contribution in [3.8, 4) is 0 Å². The molecule has 3 amide bonds. The topological polar surface area (TPSA) is 70.2 Å². The van der Waals surface area contributed by atoms with Gasteiger partial charge in [0.05, 0.1) is 0 Å². The third kappa shape index (κ3) is 4.85. The predicted octanol–water partition coefficient (Wildman–Crippen LogP) is 3.45. The molecule has 0 saturated heterocycles. The molecule has 5 heteroatoms. The molecule has 0 fully saturated rings. The van der Waals surface area contributed by atoms with Crippen molar-refractivity contribution >= 4 is 17.6 Å². The Hall–Kier alpha value is -2.82. The summed E-state index contributed by atoms with van der Waals surface area (Å²) >= 11 is 0. The van der Waals surface area contributed by atoms with Crippen molar-refractivity contribution in [1.29, 1.82) is 0 Å². The number of carbonyl (C=O) groups is 2. The first-order chi connectivity index (χ1) is 10.9. The fraction of sp³-hybridized carbons (Fsp3) is 0.222. The lowest BCUT2D eigenvalue weighted by Crippen LogP contribution is -2.43. The predicted molar refractivity (Wildman–Crippen MR) is 91.2 cm³/mol. The van der Waals surface area contributed by atoms with Crippen LogP contribution >= 0.6 is 0 Å². The second-order valence-corrected chi connectivity index (χ2v) is 6.23. The number of anilines is 1. The average Bonchev–Trinajstić information content (AvgIpc) is 2.53. The van der Waals surface area contributed by atoms with E-state index in [1.54, 1.807) is 24.3 Å². The molecule has 0 aliphatic heterocycles. The molecule has 0 aliphatic carbocycles. The molecular weight excluding hydrogens is 290 g/mol. The maximum absolute atomic E-state index is 12.0. The highest BCUT2D eigenvalue weighted by Crippen LogP contribution is 2.22. The first-order valence-electron chi connectivity index (χ1n) is 7.39. The molecule has 5 nitrogen and oxygen atoms in total. The first-order valence-corrected chi connectivity index (χ1v) is 7.39. The van der Waals surface area contributed by atoms with Crippen LogP contribution in [0.1, 0.15) is 36.7 Å². The summed E-state index contributed by atoms with van der Waals surface area (Å²) in [6.07, 6.45) is 0. The number of hydrazine groups is 1. The van der Waals surface area contributed by atoms with Gasteiger partial charge in [0.25, 0.3) is 5.91 Å². The molecule has 2 rings (SSSR count). The van der Waals surface area contributed by atoms with Crippen molar-refractivity contribution in [3.63, 3.8) is 0 Å². The maximum Gasteiger partial charge on any atom is 0.337 e. The van der Waals surface area contributed by atoms with Crippen LogP contribution in [0.4, 0.5) is 10.5 Å². The standard InChI is InChI=1S/C18H21N3O2/c1-18(2,3)14-11-9-13(10-12-14)16(22)20-21-17(23)19-15-7-5-4-6-8-15/h4-12H,1-3H3,(H,20,22)(H2,19,21,23). The number of hydrogen-bond donors (Lipinski definition) is 3. The van der Waals surface area contributed by atoms with Crippen LogP contribution in [0.3, 0.4) is 0 Å². The van der Waals surface area contributed by atoms with E-state index in [9.17, 15) is 9.59 Å². The Morgan fingerprint density at radius 3 is 2.00 bits per heavy atom. The Morgan fingerprint density at radius 2 is 1.43 bits per heavy atom. The molecule has 0 spiro atoms. The van der Waals surface area contributed by atoms with Gasteiger partial charge in [-0.3, -0.25) is 10.2 Å². The smallest absolute Gasteiger partial charge is 0.307 e. The van der Waals surface area contributed by atoms with Crippen molar-refractivity contribution in [2.24, 2.45) is 0 Å². The normalized spacial score (nSPS) is 10.7. The molecule has 2 aromatic rings. The molecule has 0 atom stereocenters. The van der Waals surface area contributed by atoms with Gasteiger partial charge in [0.1, 0.15) is 0 Å². The maximum atomic E-state index is 12.0. The van der Waals surface area contributed by atoms with E-state index in [0.717, 1.165) is 5.56 Å². The second kappa shape index (κ2) is 6.96. The molecule has 3 N–H and O–H groups in total. The summed E-state index contributed by atoms with van der Waals surface area (Å²) in [4.78, 5) is 23.7. The minimum Gasteiger partial charge on any atom is -0.307 e. The van der Waals surface area contributed by atoms with Crippen molar-refractivity contribution in [1.82, 2.24) is 10.9 Å². The van der Waals surface area contributed by atoms with Crippen LogP contribution in [0, 0.1) is 0 Å². The van der Waals surface area contributed by atoms with Crippen LogP contribution in [-0.4, -0.2) is 11.9 Å². The zero-order chi connectivity index (χ0) is 16.9. The molecule has 0 unspecified atom stereocenters. The van der Waals surface area contributed by atoms with Gasteiger partial charge in [0.2, 0.25) is 0 Å². The molecule has 0 bridgehead atoms. The van der Waals surface area contributed by atoms with Crippen LogP contribution in [0.25, 0.3) is 0 Å². The summed E-state index contributed by atoms with van der Waals surface area (Å²) in [7, 11) is 0. The summed E-state index contributed by atoms with van der Waals surface area (Å²) in [5, 5.41) is 2.61. The summed E-state index contributed by atoms with van der Waals surface area (Å²) < 4.78 is 0. The minimum absolute atomic E-state index is 0.0306. The van der Waals surface area contributed by atoms with Gasteiger partial charge in [0, 0.05) is 11.3 Å². The van der Waals surface area contributed by atoms with Gasteiger partial charge in [-0.25, -0.2) is 10.2 Å². The molecule has 0 heterocycles. The van der Waals surface area contributed by atoms with E-state index < -0.39 is 6.03 Å². The molecule has 0 radical (unpaired) electrons. The number of amides is 3. The van der Waals surface area contributed by atoms with Crippen LogP contribution < -0.4 is 16.2 Å². The zero-order valence-corrected chi connectivity index (χ0v) is 13.5. The van der Waals surface area contributed by atoms with E-state index in [4.69, 9.17) is 0 Å². The number of rotatable bonds is 2. The summed E-state index contributed by atoms with van der Waals surface area (Å²) in [5.74, 6) is -0.367. The van der Waals surface area contributed by atoms with E-state index in [2.05, 4.69) is 36.9 Å². The lowest BCUT2D eigenvalue weighted by Gasteiger charge is -2.19. The minimum atomic E-state index is -0.504. The molecule has 23 heavy (non-hydrogen) atoms. The SMILES string of the molecule is CC(C)(C)c1ccc(C(=O)NNC(=O)Nc2ccccc2)cc1. The zero-order valence-electron chi connectivity index (χ0n) is 13.5. The Kier molecular flexibility index (Phi) is 5.01. The quantitative estimate of drug-likeness (QED) is 0.743. The molecule has 0 aromatic heterocycles. The van der Waals surface area contributed by atoms with Gasteiger partial charge in [-0.05, 0) is 35.2 Å². The Morgan fingerprint density at radius 1 is 0.826 bits per heavy atom. The molecule has 2 aromatic carbocycles. The third-order valence-electron chi connectivity index (χ3n) is 3.33. The van der Waals surface area contributed by atoms with Crippen molar-refractivity contribution in [2.45, 2.75) is 26.2 Å². The Bertz CT molecular complexity index is 674. The Balaban J connectivity index is 1.88. The van der Waals surface area contributed by atoms with E-state index in [1.807, 2.05) is 30.3 Å². The average molecular weight is 311 g/mol. The van der Waals surface area contributed by atoms with Gasteiger partial charge in [-0.2, -0.15) is 0 Å². The van der Waals surface area contributed by atoms with Crippen LogP contribution in [0.2, 0.25) is 0 Å². The lowest BCUT2D eigenvalue weighted by atomic mass is 9.87.